The van der Waals surface area contributed by atoms with Crippen molar-refractivity contribution in [1.82, 2.24) is 5.32 Å². The fraction of sp³-hybridized carbons (Fsp3) is 0.600. The third kappa shape index (κ3) is 5.00. The topological polar surface area (TPSA) is 21.3 Å². The van der Waals surface area contributed by atoms with Gasteiger partial charge in [-0.3, -0.25) is 0 Å². The minimum absolute atomic E-state index is 0.448. The highest BCUT2D eigenvalue weighted by molar-refractivity contribution is 8.01. The Hall–Kier alpha value is -0.0300. The number of hydrogen-bond donors (Lipinski definition) is 1. The molecule has 1 rings (SSSR count). The van der Waals surface area contributed by atoms with Crippen molar-refractivity contribution >= 4 is 23.1 Å². The number of rotatable bonds is 7. The molecule has 80 valence electrons. The summed E-state index contributed by atoms with van der Waals surface area (Å²) in [5.74, 6) is 1.12. The van der Waals surface area contributed by atoms with Crippen LogP contribution in [0.4, 0.5) is 0 Å². The van der Waals surface area contributed by atoms with E-state index in [2.05, 4.69) is 29.8 Å². The molecule has 0 aliphatic rings. The van der Waals surface area contributed by atoms with Crippen molar-refractivity contribution < 1.29 is 4.74 Å². The molecule has 2 nitrogen and oxygen atoms in total. The van der Waals surface area contributed by atoms with Crippen LogP contribution in [0.3, 0.4) is 0 Å². The van der Waals surface area contributed by atoms with E-state index in [1.54, 1.807) is 18.4 Å². The van der Waals surface area contributed by atoms with Crippen LogP contribution in [0.5, 0.6) is 0 Å². The van der Waals surface area contributed by atoms with E-state index in [0.29, 0.717) is 6.04 Å². The van der Waals surface area contributed by atoms with Gasteiger partial charge in [0.05, 0.1) is 10.8 Å². The zero-order chi connectivity index (χ0) is 10.2. The lowest BCUT2D eigenvalue weighted by Gasteiger charge is -2.11. The molecular formula is C10H17NOS2. The molecule has 0 aliphatic carbocycles. The Morgan fingerprint density at radius 1 is 1.64 bits per heavy atom. The van der Waals surface area contributed by atoms with Gasteiger partial charge >= 0.3 is 0 Å². The summed E-state index contributed by atoms with van der Waals surface area (Å²) in [6, 6.07) is 4.70. The maximum atomic E-state index is 5.04. The standard InChI is InChI=1S/C10H17NOS2/c1-9(8-12-2)11-5-7-14-10-4-3-6-13-10/h3-4,6,9,11H,5,7-8H2,1-2H3. The largest absolute Gasteiger partial charge is 0.383 e. The average Bonchev–Trinajstić information content (AvgIpc) is 2.65. The third-order valence-corrected chi connectivity index (χ3v) is 3.88. The molecule has 0 amide bonds. The van der Waals surface area contributed by atoms with Crippen LogP contribution in [0.1, 0.15) is 6.92 Å². The second kappa shape index (κ2) is 7.29. The Balaban J connectivity index is 1.99. The van der Waals surface area contributed by atoms with Crippen LogP contribution >= 0.6 is 23.1 Å². The van der Waals surface area contributed by atoms with Gasteiger partial charge in [-0.15, -0.1) is 23.1 Å². The summed E-state index contributed by atoms with van der Waals surface area (Å²) >= 11 is 3.70. The summed E-state index contributed by atoms with van der Waals surface area (Å²) in [6.07, 6.45) is 0. The van der Waals surface area contributed by atoms with E-state index in [1.165, 1.54) is 4.21 Å². The zero-order valence-corrected chi connectivity index (χ0v) is 10.3. The van der Waals surface area contributed by atoms with Gasteiger partial charge in [-0.2, -0.15) is 0 Å². The normalized spacial score (nSPS) is 13.0. The van der Waals surface area contributed by atoms with Crippen LogP contribution in [-0.2, 0) is 4.74 Å². The summed E-state index contributed by atoms with van der Waals surface area (Å²) < 4.78 is 6.43. The van der Waals surface area contributed by atoms with E-state index in [0.717, 1.165) is 18.9 Å². The van der Waals surface area contributed by atoms with Crippen molar-refractivity contribution in [1.29, 1.82) is 0 Å². The maximum absolute atomic E-state index is 5.04. The average molecular weight is 231 g/mol. The molecule has 0 aromatic carbocycles. The lowest BCUT2D eigenvalue weighted by atomic mass is 10.4. The predicted octanol–water partition coefficient (Wildman–Crippen LogP) is 2.46. The SMILES string of the molecule is COCC(C)NCCSc1cccs1. The number of thiophene rings is 1. The molecule has 1 unspecified atom stereocenters. The molecule has 1 aromatic heterocycles. The Bertz CT molecular complexity index is 226. The Labute approximate surface area is 94.0 Å². The minimum atomic E-state index is 0.448. The highest BCUT2D eigenvalue weighted by atomic mass is 32.2. The van der Waals surface area contributed by atoms with Gasteiger partial charge in [0.25, 0.3) is 0 Å². The molecule has 1 aromatic rings. The fourth-order valence-electron chi connectivity index (χ4n) is 1.11. The van der Waals surface area contributed by atoms with E-state index in [9.17, 15) is 0 Å². The second-order valence-electron chi connectivity index (χ2n) is 3.09. The van der Waals surface area contributed by atoms with E-state index in [1.807, 2.05) is 11.8 Å². The van der Waals surface area contributed by atoms with Gasteiger partial charge in [0.1, 0.15) is 0 Å². The predicted molar refractivity (Wildman–Crippen MR) is 64.4 cm³/mol. The van der Waals surface area contributed by atoms with Crippen molar-refractivity contribution in [2.45, 2.75) is 17.2 Å². The summed E-state index contributed by atoms with van der Waals surface area (Å²) in [5, 5.41) is 5.52. The highest BCUT2D eigenvalue weighted by Gasteiger charge is 1.99. The van der Waals surface area contributed by atoms with Crippen molar-refractivity contribution in [3.8, 4) is 0 Å². The first-order valence-electron chi connectivity index (χ1n) is 4.71. The summed E-state index contributed by atoms with van der Waals surface area (Å²) in [7, 11) is 1.73. The monoisotopic (exact) mass is 231 g/mol. The van der Waals surface area contributed by atoms with Crippen LogP contribution in [0, 0.1) is 0 Å². The maximum Gasteiger partial charge on any atom is 0.0613 e. The molecule has 0 aliphatic heterocycles. The minimum Gasteiger partial charge on any atom is -0.383 e. The van der Waals surface area contributed by atoms with Gasteiger partial charge in [0, 0.05) is 25.4 Å². The van der Waals surface area contributed by atoms with Crippen LogP contribution in [0.15, 0.2) is 21.7 Å². The number of hydrogen-bond acceptors (Lipinski definition) is 4. The van der Waals surface area contributed by atoms with Crippen LogP contribution in [0.2, 0.25) is 0 Å². The first-order chi connectivity index (χ1) is 6.83. The molecule has 1 heterocycles. The van der Waals surface area contributed by atoms with Crippen molar-refractivity contribution in [2.75, 3.05) is 26.0 Å². The number of thioether (sulfide) groups is 1. The van der Waals surface area contributed by atoms with E-state index >= 15 is 0 Å². The molecule has 0 fully saturated rings. The number of nitrogens with one attached hydrogen (secondary N) is 1. The Kier molecular flexibility index (Phi) is 6.27. The van der Waals surface area contributed by atoms with Gasteiger partial charge in [-0.05, 0) is 18.4 Å². The highest BCUT2D eigenvalue weighted by Crippen LogP contribution is 2.22. The molecule has 0 radical (unpaired) electrons. The smallest absolute Gasteiger partial charge is 0.0613 e. The van der Waals surface area contributed by atoms with E-state index in [-0.39, 0.29) is 0 Å². The van der Waals surface area contributed by atoms with E-state index < -0.39 is 0 Å². The fourth-order valence-corrected chi connectivity index (χ4v) is 2.84. The third-order valence-electron chi connectivity index (χ3n) is 1.75. The first kappa shape index (κ1) is 12.0. The first-order valence-corrected chi connectivity index (χ1v) is 6.58. The molecule has 1 N–H and O–H groups in total. The van der Waals surface area contributed by atoms with Gasteiger partial charge in [-0.1, -0.05) is 6.07 Å². The molecule has 14 heavy (non-hydrogen) atoms. The van der Waals surface area contributed by atoms with Gasteiger partial charge in [0.15, 0.2) is 0 Å². The quantitative estimate of drug-likeness (QED) is 0.575. The summed E-state index contributed by atoms with van der Waals surface area (Å²) in [4.78, 5) is 0. The van der Waals surface area contributed by atoms with E-state index in [4.69, 9.17) is 4.74 Å². The second-order valence-corrected chi connectivity index (χ2v) is 5.43. The van der Waals surface area contributed by atoms with Crippen LogP contribution < -0.4 is 5.32 Å². The molecule has 4 heteroatoms. The van der Waals surface area contributed by atoms with Crippen molar-refractivity contribution in [3.63, 3.8) is 0 Å². The number of methoxy groups -OCH3 is 1. The van der Waals surface area contributed by atoms with Crippen LogP contribution in [-0.4, -0.2) is 32.1 Å². The van der Waals surface area contributed by atoms with Gasteiger partial charge < -0.3 is 10.1 Å². The van der Waals surface area contributed by atoms with Gasteiger partial charge in [-0.25, -0.2) is 0 Å². The Morgan fingerprint density at radius 2 is 2.50 bits per heavy atom. The zero-order valence-electron chi connectivity index (χ0n) is 8.66. The molecule has 0 saturated carbocycles. The number of ether oxygens (including phenoxy) is 1. The molecule has 0 bridgehead atoms. The molecule has 0 saturated heterocycles. The van der Waals surface area contributed by atoms with Crippen LogP contribution in [0.25, 0.3) is 0 Å². The van der Waals surface area contributed by atoms with Gasteiger partial charge in [0.2, 0.25) is 0 Å². The van der Waals surface area contributed by atoms with Crippen molar-refractivity contribution in [3.05, 3.63) is 17.5 Å². The van der Waals surface area contributed by atoms with Crippen molar-refractivity contribution in [2.24, 2.45) is 0 Å². The molecule has 0 spiro atoms. The Morgan fingerprint density at radius 3 is 3.14 bits per heavy atom. The lowest BCUT2D eigenvalue weighted by Crippen LogP contribution is -2.31. The molecule has 1 atom stereocenters. The molecular weight excluding hydrogens is 214 g/mol. The lowest BCUT2D eigenvalue weighted by molar-refractivity contribution is 0.173. The summed E-state index contributed by atoms with van der Waals surface area (Å²) in [5.41, 5.74) is 0. The summed E-state index contributed by atoms with van der Waals surface area (Å²) in [6.45, 7) is 3.95.